The largest absolute Gasteiger partial charge is 0.478 e. The first kappa shape index (κ1) is 26.1. The predicted molar refractivity (Wildman–Crippen MR) is 114 cm³/mol. The van der Waals surface area contributed by atoms with Crippen LogP contribution in [0.2, 0.25) is 0 Å². The van der Waals surface area contributed by atoms with Gasteiger partial charge >= 0.3 is 24.2 Å². The molecule has 1 saturated heterocycles. The van der Waals surface area contributed by atoms with E-state index in [2.05, 4.69) is 0 Å². The summed E-state index contributed by atoms with van der Waals surface area (Å²) < 4.78 is 73.0. The molecule has 2 atom stereocenters. The number of carboxylic acid groups (broad SMARTS) is 1. The number of aromatic carboxylic acids is 1. The number of cyclic esters (lactones) is 1. The van der Waals surface area contributed by atoms with Crippen LogP contribution in [0, 0.1) is 0 Å². The van der Waals surface area contributed by atoms with Gasteiger partial charge in [-0.1, -0.05) is 36.4 Å². The summed E-state index contributed by atoms with van der Waals surface area (Å²) in [5.74, 6) is -5.09. The Hall–Kier alpha value is -3.47. The molecule has 0 spiro atoms. The summed E-state index contributed by atoms with van der Waals surface area (Å²) in [5, 5.41) is 19.0. The van der Waals surface area contributed by atoms with Crippen LogP contribution in [0.1, 0.15) is 33.5 Å². The number of hydrogen-bond donors (Lipinski definition) is 2. The Balaban J connectivity index is 1.71. The van der Waals surface area contributed by atoms with Crippen molar-refractivity contribution in [3.63, 3.8) is 0 Å². The molecule has 2 aromatic rings. The van der Waals surface area contributed by atoms with Crippen LogP contribution >= 0.6 is 0 Å². The highest BCUT2D eigenvalue weighted by Crippen LogP contribution is 2.37. The molecular formula is C24H22F5NO5. The van der Waals surface area contributed by atoms with Crippen molar-refractivity contribution in [1.82, 2.24) is 4.90 Å². The van der Waals surface area contributed by atoms with Gasteiger partial charge in [-0.3, -0.25) is 0 Å². The molecule has 2 unspecified atom stereocenters. The van der Waals surface area contributed by atoms with Gasteiger partial charge in [0.2, 0.25) is 0 Å². The van der Waals surface area contributed by atoms with Crippen molar-refractivity contribution in [3.05, 3.63) is 82.9 Å². The minimum absolute atomic E-state index is 0.0256. The van der Waals surface area contributed by atoms with Crippen LogP contribution in [0.15, 0.2) is 60.7 Å². The number of benzene rings is 2. The van der Waals surface area contributed by atoms with E-state index >= 15 is 0 Å². The number of aliphatic hydroxyl groups excluding tert-OH is 1. The van der Waals surface area contributed by atoms with Crippen molar-refractivity contribution in [3.8, 4) is 0 Å². The normalized spacial score (nSPS) is 17.9. The predicted octanol–water partition coefficient (Wildman–Crippen LogP) is 4.87. The van der Waals surface area contributed by atoms with Gasteiger partial charge in [0.15, 0.2) is 0 Å². The fourth-order valence-electron chi connectivity index (χ4n) is 3.59. The zero-order valence-corrected chi connectivity index (χ0v) is 18.2. The lowest BCUT2D eigenvalue weighted by molar-refractivity contribution is -0.138. The molecule has 0 aromatic heterocycles. The second kappa shape index (κ2) is 10.4. The zero-order chi connectivity index (χ0) is 25.8. The maximum atomic E-state index is 14.7. The van der Waals surface area contributed by atoms with Crippen LogP contribution in [-0.2, 0) is 23.3 Å². The number of nitrogens with zero attached hydrogens (tertiary/aromatic N) is 1. The molecule has 1 aliphatic rings. The zero-order valence-electron chi connectivity index (χ0n) is 18.2. The summed E-state index contributed by atoms with van der Waals surface area (Å²) in [6.07, 6.45) is -5.39. The fraction of sp³-hybridized carbons (Fsp3) is 0.333. The number of aliphatic hydroxyl groups is 1. The van der Waals surface area contributed by atoms with Gasteiger partial charge in [0.1, 0.15) is 6.10 Å². The van der Waals surface area contributed by atoms with E-state index in [1.54, 1.807) is 12.1 Å². The van der Waals surface area contributed by atoms with Crippen molar-refractivity contribution >= 4 is 12.1 Å². The number of carbonyl (C=O) groups is 2. The second-order valence-corrected chi connectivity index (χ2v) is 7.95. The molecule has 2 N–H and O–H groups in total. The van der Waals surface area contributed by atoms with Crippen molar-refractivity contribution in [2.24, 2.45) is 0 Å². The first-order valence-electron chi connectivity index (χ1n) is 10.6. The Bertz CT molecular complexity index is 1080. The molecule has 6 nitrogen and oxygen atoms in total. The van der Waals surface area contributed by atoms with Crippen LogP contribution in [-0.4, -0.2) is 52.5 Å². The highest BCUT2D eigenvalue weighted by Gasteiger charge is 2.41. The van der Waals surface area contributed by atoms with Gasteiger partial charge < -0.3 is 19.8 Å². The van der Waals surface area contributed by atoms with E-state index in [0.717, 1.165) is 23.8 Å². The monoisotopic (exact) mass is 499 g/mol. The van der Waals surface area contributed by atoms with Gasteiger partial charge in [0.05, 0.1) is 23.8 Å². The average Bonchev–Trinajstić information content (AvgIpc) is 2.81. The number of alkyl halides is 5. The Morgan fingerprint density at radius 2 is 1.77 bits per heavy atom. The van der Waals surface area contributed by atoms with Crippen molar-refractivity contribution in [1.29, 1.82) is 0 Å². The number of amides is 1. The number of rotatable bonds is 8. The minimum atomic E-state index is -4.82. The summed E-state index contributed by atoms with van der Waals surface area (Å²) in [6, 6.07) is 7.88. The van der Waals surface area contributed by atoms with Crippen molar-refractivity contribution < 1.29 is 46.5 Å². The number of carboxylic acids is 1. The SMILES string of the molecule is O=C(O)c1ccc(CCN2C(=O)OCCC2C=CC(O)C(F)(F)c2cccc(C(F)(F)F)c2)cc1. The summed E-state index contributed by atoms with van der Waals surface area (Å²) in [6.45, 7) is 0.151. The van der Waals surface area contributed by atoms with Gasteiger partial charge in [0, 0.05) is 18.5 Å². The van der Waals surface area contributed by atoms with E-state index in [-0.39, 0.29) is 31.2 Å². The summed E-state index contributed by atoms with van der Waals surface area (Å²) in [4.78, 5) is 24.5. The molecule has 1 aliphatic heterocycles. The summed E-state index contributed by atoms with van der Waals surface area (Å²) >= 11 is 0. The van der Waals surface area contributed by atoms with E-state index in [1.807, 2.05) is 0 Å². The molecule has 1 heterocycles. The molecule has 0 aliphatic carbocycles. The third-order valence-corrected chi connectivity index (χ3v) is 5.58. The third kappa shape index (κ3) is 6.36. The van der Waals surface area contributed by atoms with Crippen LogP contribution in [0.5, 0.6) is 0 Å². The van der Waals surface area contributed by atoms with E-state index < -0.39 is 47.4 Å². The van der Waals surface area contributed by atoms with Gasteiger partial charge in [-0.25, -0.2) is 9.59 Å². The topological polar surface area (TPSA) is 87.1 Å². The van der Waals surface area contributed by atoms with Gasteiger partial charge in [-0.05, 0) is 36.2 Å². The molecule has 11 heteroatoms. The Morgan fingerprint density at radius 3 is 2.40 bits per heavy atom. The fourth-order valence-corrected chi connectivity index (χ4v) is 3.59. The smallest absolute Gasteiger partial charge is 0.416 e. The number of halogens is 5. The lowest BCUT2D eigenvalue weighted by Gasteiger charge is -2.33. The Morgan fingerprint density at radius 1 is 1.11 bits per heavy atom. The quantitative estimate of drug-likeness (QED) is 0.400. The number of ether oxygens (including phenoxy) is 1. The molecule has 3 rings (SSSR count). The van der Waals surface area contributed by atoms with Crippen molar-refractivity contribution in [2.75, 3.05) is 13.2 Å². The first-order valence-corrected chi connectivity index (χ1v) is 10.6. The van der Waals surface area contributed by atoms with E-state index in [4.69, 9.17) is 9.84 Å². The van der Waals surface area contributed by atoms with E-state index in [0.29, 0.717) is 12.5 Å². The molecule has 1 fully saturated rings. The molecule has 2 aromatic carbocycles. The first-order chi connectivity index (χ1) is 16.4. The van der Waals surface area contributed by atoms with E-state index in [1.165, 1.54) is 23.1 Å². The lowest BCUT2D eigenvalue weighted by Crippen LogP contribution is -2.45. The van der Waals surface area contributed by atoms with Crippen LogP contribution in [0.4, 0.5) is 26.7 Å². The van der Waals surface area contributed by atoms with Crippen LogP contribution in [0.3, 0.4) is 0 Å². The van der Waals surface area contributed by atoms with Gasteiger partial charge in [-0.2, -0.15) is 22.0 Å². The maximum absolute atomic E-state index is 14.7. The number of carbonyl (C=O) groups excluding carboxylic acids is 1. The minimum Gasteiger partial charge on any atom is -0.478 e. The highest BCUT2D eigenvalue weighted by molar-refractivity contribution is 5.87. The Kier molecular flexibility index (Phi) is 7.79. The molecule has 35 heavy (non-hydrogen) atoms. The van der Waals surface area contributed by atoms with Crippen LogP contribution < -0.4 is 0 Å². The lowest BCUT2D eigenvalue weighted by atomic mass is 9.99. The Labute approximate surface area is 197 Å². The maximum Gasteiger partial charge on any atom is 0.416 e. The molecule has 188 valence electrons. The summed E-state index contributed by atoms with van der Waals surface area (Å²) in [5.41, 5.74) is -1.42. The van der Waals surface area contributed by atoms with Crippen LogP contribution in [0.25, 0.3) is 0 Å². The third-order valence-electron chi connectivity index (χ3n) is 5.58. The second-order valence-electron chi connectivity index (χ2n) is 7.95. The summed E-state index contributed by atoms with van der Waals surface area (Å²) in [7, 11) is 0. The average molecular weight is 499 g/mol. The van der Waals surface area contributed by atoms with Gasteiger partial charge in [-0.15, -0.1) is 0 Å². The molecular weight excluding hydrogens is 477 g/mol. The molecule has 0 saturated carbocycles. The van der Waals surface area contributed by atoms with Crippen molar-refractivity contribution in [2.45, 2.75) is 37.1 Å². The number of hydrogen-bond acceptors (Lipinski definition) is 4. The van der Waals surface area contributed by atoms with Gasteiger partial charge in [0.25, 0.3) is 0 Å². The van der Waals surface area contributed by atoms with E-state index in [9.17, 15) is 36.6 Å². The molecule has 1 amide bonds. The highest BCUT2D eigenvalue weighted by atomic mass is 19.4. The molecule has 0 radical (unpaired) electrons. The standard InChI is InChI=1S/C24H22F5NO5/c25-23(26,17-2-1-3-18(14-17)24(27,28)29)20(31)9-8-19-11-13-35-22(34)30(19)12-10-15-4-6-16(7-5-15)21(32)33/h1-9,14,19-20,31H,10-13H2,(H,32,33). The molecule has 0 bridgehead atoms.